The molecule has 1 aliphatic rings. The minimum atomic E-state index is 0.00357. The topological polar surface area (TPSA) is 55.1 Å². The van der Waals surface area contributed by atoms with Crippen LogP contribution in [0.15, 0.2) is 24.3 Å². The molecule has 1 fully saturated rings. The molecular formula is C16H24N2O. The van der Waals surface area contributed by atoms with Crippen LogP contribution in [-0.2, 0) is 0 Å². The predicted octanol–water partition coefficient (Wildman–Crippen LogP) is 3.22. The largest absolute Gasteiger partial charge is 0.399 e. The van der Waals surface area contributed by atoms with Crippen LogP contribution in [0, 0.1) is 11.8 Å². The van der Waals surface area contributed by atoms with Crippen LogP contribution in [0.2, 0.25) is 0 Å². The smallest absolute Gasteiger partial charge is 0.251 e. The van der Waals surface area contributed by atoms with Gasteiger partial charge in [0.25, 0.3) is 5.91 Å². The quantitative estimate of drug-likeness (QED) is 0.817. The Balaban J connectivity index is 1.73. The van der Waals surface area contributed by atoms with Gasteiger partial charge in [0.05, 0.1) is 0 Å². The zero-order valence-corrected chi connectivity index (χ0v) is 11.7. The Morgan fingerprint density at radius 3 is 2.74 bits per heavy atom. The molecule has 0 heterocycles. The lowest BCUT2D eigenvalue weighted by Crippen LogP contribution is -2.27. The highest BCUT2D eigenvalue weighted by Crippen LogP contribution is 2.30. The average molecular weight is 260 g/mol. The van der Waals surface area contributed by atoms with Crippen LogP contribution in [0.3, 0.4) is 0 Å². The average Bonchev–Trinajstić information content (AvgIpc) is 2.39. The van der Waals surface area contributed by atoms with Gasteiger partial charge in [-0.3, -0.25) is 4.79 Å². The van der Waals surface area contributed by atoms with E-state index in [0.717, 1.165) is 24.8 Å². The lowest BCUT2D eigenvalue weighted by Gasteiger charge is -2.26. The van der Waals surface area contributed by atoms with Crippen molar-refractivity contribution in [1.29, 1.82) is 0 Å². The Morgan fingerprint density at radius 1 is 1.32 bits per heavy atom. The second-order valence-electron chi connectivity index (χ2n) is 5.80. The van der Waals surface area contributed by atoms with Crippen LogP contribution in [0.4, 0.5) is 5.69 Å². The molecule has 0 radical (unpaired) electrons. The zero-order chi connectivity index (χ0) is 13.7. The summed E-state index contributed by atoms with van der Waals surface area (Å²) in [6.07, 6.45) is 6.46. The summed E-state index contributed by atoms with van der Waals surface area (Å²) < 4.78 is 0. The lowest BCUT2D eigenvalue weighted by molar-refractivity contribution is 0.0949. The number of hydrogen-bond acceptors (Lipinski definition) is 2. The summed E-state index contributed by atoms with van der Waals surface area (Å²) in [6, 6.07) is 7.07. The van der Waals surface area contributed by atoms with E-state index in [2.05, 4.69) is 12.2 Å². The first kappa shape index (κ1) is 13.9. The molecule has 0 saturated heterocycles. The van der Waals surface area contributed by atoms with Crippen LogP contribution >= 0.6 is 0 Å². The summed E-state index contributed by atoms with van der Waals surface area (Å²) in [6.45, 7) is 3.11. The van der Waals surface area contributed by atoms with Gasteiger partial charge >= 0.3 is 0 Å². The second-order valence-corrected chi connectivity index (χ2v) is 5.80. The third-order valence-corrected chi connectivity index (χ3v) is 4.06. The summed E-state index contributed by atoms with van der Waals surface area (Å²) in [4.78, 5) is 11.9. The molecule has 0 aromatic heterocycles. The second kappa shape index (κ2) is 6.60. The molecule has 1 aromatic carbocycles. The maximum Gasteiger partial charge on any atom is 0.251 e. The normalized spacial score (nSPS) is 23.0. The fraction of sp³-hybridized carbons (Fsp3) is 0.562. The van der Waals surface area contributed by atoms with Crippen molar-refractivity contribution in [3.8, 4) is 0 Å². The lowest BCUT2D eigenvalue weighted by atomic mass is 9.81. The van der Waals surface area contributed by atoms with Crippen molar-refractivity contribution in [3.05, 3.63) is 29.8 Å². The Hall–Kier alpha value is -1.51. The molecule has 19 heavy (non-hydrogen) atoms. The van der Waals surface area contributed by atoms with Gasteiger partial charge in [-0.1, -0.05) is 26.2 Å². The molecule has 2 rings (SSSR count). The first-order chi connectivity index (χ1) is 9.15. The Labute approximate surface area is 115 Å². The zero-order valence-electron chi connectivity index (χ0n) is 11.7. The number of anilines is 1. The van der Waals surface area contributed by atoms with E-state index in [9.17, 15) is 4.79 Å². The molecule has 3 nitrogen and oxygen atoms in total. The van der Waals surface area contributed by atoms with Gasteiger partial charge in [-0.15, -0.1) is 0 Å². The Kier molecular flexibility index (Phi) is 4.83. The first-order valence-corrected chi connectivity index (χ1v) is 7.29. The number of carbonyl (C=O) groups excluding carboxylic acids is 1. The number of carbonyl (C=O) groups is 1. The minimum absolute atomic E-state index is 0.00357. The number of nitrogen functional groups attached to an aromatic ring is 1. The van der Waals surface area contributed by atoms with Crippen molar-refractivity contribution >= 4 is 11.6 Å². The fourth-order valence-electron chi connectivity index (χ4n) is 2.95. The molecule has 0 bridgehead atoms. The highest BCUT2D eigenvalue weighted by Gasteiger charge is 2.18. The van der Waals surface area contributed by atoms with Crippen molar-refractivity contribution in [2.45, 2.75) is 39.0 Å². The predicted molar refractivity (Wildman–Crippen MR) is 78.9 cm³/mol. The van der Waals surface area contributed by atoms with Gasteiger partial charge < -0.3 is 11.1 Å². The van der Waals surface area contributed by atoms with Crippen LogP contribution in [0.1, 0.15) is 49.4 Å². The summed E-state index contributed by atoms with van der Waals surface area (Å²) in [5, 5.41) is 3.00. The SMILES string of the molecule is CC1CCCC(CCNC(=O)c2ccc(N)cc2)C1. The van der Waals surface area contributed by atoms with Crippen LogP contribution in [-0.4, -0.2) is 12.5 Å². The summed E-state index contributed by atoms with van der Waals surface area (Å²) in [5.74, 6) is 1.64. The molecule has 1 aliphatic carbocycles. The number of rotatable bonds is 4. The van der Waals surface area contributed by atoms with Gasteiger partial charge in [0.15, 0.2) is 0 Å². The maximum atomic E-state index is 11.9. The number of benzene rings is 1. The summed E-state index contributed by atoms with van der Waals surface area (Å²) >= 11 is 0. The number of amides is 1. The molecule has 2 unspecified atom stereocenters. The van der Waals surface area contributed by atoms with Gasteiger partial charge in [0.1, 0.15) is 0 Å². The van der Waals surface area contributed by atoms with Crippen molar-refractivity contribution in [1.82, 2.24) is 5.32 Å². The summed E-state index contributed by atoms with van der Waals surface area (Å²) in [7, 11) is 0. The van der Waals surface area contributed by atoms with Crippen LogP contribution in [0.25, 0.3) is 0 Å². The minimum Gasteiger partial charge on any atom is -0.399 e. The molecule has 2 atom stereocenters. The van der Waals surface area contributed by atoms with Gasteiger partial charge in [0, 0.05) is 17.8 Å². The molecule has 3 N–H and O–H groups in total. The maximum absolute atomic E-state index is 11.9. The third-order valence-electron chi connectivity index (χ3n) is 4.06. The van der Waals surface area contributed by atoms with Crippen molar-refractivity contribution in [3.63, 3.8) is 0 Å². The summed E-state index contributed by atoms with van der Waals surface area (Å²) in [5.41, 5.74) is 6.98. The molecule has 0 spiro atoms. The van der Waals surface area contributed by atoms with Gasteiger partial charge in [0.2, 0.25) is 0 Å². The van der Waals surface area contributed by atoms with Crippen LogP contribution in [0.5, 0.6) is 0 Å². The number of nitrogens with two attached hydrogens (primary N) is 1. The van der Waals surface area contributed by atoms with Gasteiger partial charge in [-0.05, 0) is 48.9 Å². The highest BCUT2D eigenvalue weighted by molar-refractivity contribution is 5.94. The number of nitrogens with one attached hydrogen (secondary N) is 1. The third kappa shape index (κ3) is 4.27. The molecule has 3 heteroatoms. The van der Waals surface area contributed by atoms with E-state index < -0.39 is 0 Å². The van der Waals surface area contributed by atoms with Crippen molar-refractivity contribution < 1.29 is 4.79 Å². The monoisotopic (exact) mass is 260 g/mol. The Bertz CT molecular complexity index is 413. The van der Waals surface area contributed by atoms with E-state index in [4.69, 9.17) is 5.73 Å². The number of hydrogen-bond donors (Lipinski definition) is 2. The van der Waals surface area contributed by atoms with Crippen LogP contribution < -0.4 is 11.1 Å². The molecule has 1 saturated carbocycles. The Morgan fingerprint density at radius 2 is 2.05 bits per heavy atom. The first-order valence-electron chi connectivity index (χ1n) is 7.29. The molecular weight excluding hydrogens is 236 g/mol. The van der Waals surface area contributed by atoms with Crippen molar-refractivity contribution in [2.75, 3.05) is 12.3 Å². The van der Waals surface area contributed by atoms with E-state index in [1.807, 2.05) is 0 Å². The van der Waals surface area contributed by atoms with Crippen molar-refractivity contribution in [2.24, 2.45) is 11.8 Å². The molecule has 1 amide bonds. The van der Waals surface area contributed by atoms with Gasteiger partial charge in [-0.25, -0.2) is 0 Å². The van der Waals surface area contributed by atoms with E-state index in [1.54, 1.807) is 24.3 Å². The molecule has 1 aromatic rings. The highest BCUT2D eigenvalue weighted by atomic mass is 16.1. The van der Waals surface area contributed by atoms with E-state index in [0.29, 0.717) is 11.3 Å². The fourth-order valence-corrected chi connectivity index (χ4v) is 2.95. The molecule has 104 valence electrons. The van der Waals surface area contributed by atoms with Gasteiger partial charge in [-0.2, -0.15) is 0 Å². The molecule has 0 aliphatic heterocycles. The standard InChI is InChI=1S/C16H24N2O/c1-12-3-2-4-13(11-12)9-10-18-16(19)14-5-7-15(17)8-6-14/h5-8,12-13H,2-4,9-11,17H2,1H3,(H,18,19). The van der Waals surface area contributed by atoms with E-state index >= 15 is 0 Å². The van der Waals surface area contributed by atoms with E-state index in [1.165, 1.54) is 25.7 Å². The van der Waals surface area contributed by atoms with E-state index in [-0.39, 0.29) is 5.91 Å².